The normalized spacial score (nSPS) is 16.9. The molecule has 1 heterocycles. The van der Waals surface area contributed by atoms with E-state index in [2.05, 4.69) is 28.8 Å². The molecule has 0 spiro atoms. The lowest BCUT2D eigenvalue weighted by Gasteiger charge is -2.37. The molecule has 19 heavy (non-hydrogen) atoms. The van der Waals surface area contributed by atoms with Gasteiger partial charge in [-0.1, -0.05) is 12.1 Å². The van der Waals surface area contributed by atoms with Gasteiger partial charge in [-0.15, -0.1) is 0 Å². The van der Waals surface area contributed by atoms with Crippen molar-refractivity contribution < 1.29 is 4.79 Å². The Hall–Kier alpha value is -1.39. The fraction of sp³-hybridized carbons (Fsp3) is 0.533. The van der Waals surface area contributed by atoms with Gasteiger partial charge in [0.25, 0.3) is 0 Å². The lowest BCUT2D eigenvalue weighted by atomic mass is 10.1. The van der Waals surface area contributed by atoms with E-state index in [-0.39, 0.29) is 0 Å². The van der Waals surface area contributed by atoms with Gasteiger partial charge in [0.05, 0.1) is 0 Å². The molecule has 104 valence electrons. The number of rotatable bonds is 5. The quantitative estimate of drug-likeness (QED) is 0.744. The Morgan fingerprint density at radius 3 is 2.47 bits per heavy atom. The molecule has 2 rings (SSSR count). The molecule has 0 amide bonds. The van der Waals surface area contributed by atoms with E-state index in [1.54, 1.807) is 0 Å². The molecule has 1 aromatic rings. The second kappa shape index (κ2) is 6.68. The van der Waals surface area contributed by atoms with Gasteiger partial charge in [0.1, 0.15) is 0 Å². The average Bonchev–Trinajstić information content (AvgIpc) is 2.45. The fourth-order valence-corrected chi connectivity index (χ4v) is 2.43. The van der Waals surface area contributed by atoms with Crippen LogP contribution in [0.15, 0.2) is 24.3 Å². The van der Waals surface area contributed by atoms with Crippen molar-refractivity contribution >= 4 is 12.0 Å². The monoisotopic (exact) mass is 261 g/mol. The third kappa shape index (κ3) is 3.78. The second-order valence-electron chi connectivity index (χ2n) is 5.31. The van der Waals surface area contributed by atoms with Crippen molar-refractivity contribution in [3.05, 3.63) is 29.8 Å². The summed E-state index contributed by atoms with van der Waals surface area (Å²) >= 11 is 0. The predicted molar refractivity (Wildman–Crippen MR) is 79.0 cm³/mol. The number of aldehydes is 1. The molecular weight excluding hydrogens is 238 g/mol. The molecule has 0 aliphatic carbocycles. The maximum absolute atomic E-state index is 11.1. The van der Waals surface area contributed by atoms with Crippen molar-refractivity contribution in [2.45, 2.75) is 0 Å². The van der Waals surface area contributed by atoms with Gasteiger partial charge < -0.3 is 9.80 Å². The zero-order chi connectivity index (χ0) is 13.7. The van der Waals surface area contributed by atoms with Crippen LogP contribution in [0.25, 0.3) is 0 Å². The molecule has 1 aliphatic rings. The summed E-state index contributed by atoms with van der Waals surface area (Å²) in [5.74, 6) is 0. The molecule has 1 aromatic carbocycles. The highest BCUT2D eigenvalue weighted by Gasteiger charge is 2.18. The first kappa shape index (κ1) is 14.0. The number of hydrogen-bond acceptors (Lipinski definition) is 4. The van der Waals surface area contributed by atoms with E-state index >= 15 is 0 Å². The summed E-state index contributed by atoms with van der Waals surface area (Å²) in [6.07, 6.45) is 0.952. The Balaban J connectivity index is 1.91. The molecule has 1 fully saturated rings. The van der Waals surface area contributed by atoms with E-state index in [0.717, 1.165) is 56.8 Å². The van der Waals surface area contributed by atoms with Crippen LogP contribution < -0.4 is 4.90 Å². The number of carbonyl (C=O) groups excluding carboxylic acids is 1. The molecule has 0 N–H and O–H groups in total. The average molecular weight is 261 g/mol. The maximum atomic E-state index is 11.1. The minimum atomic E-state index is 0.796. The minimum absolute atomic E-state index is 0.796. The number of benzene rings is 1. The molecule has 0 unspecified atom stereocenters. The van der Waals surface area contributed by atoms with E-state index in [1.165, 1.54) is 0 Å². The van der Waals surface area contributed by atoms with Gasteiger partial charge in [-0.2, -0.15) is 0 Å². The van der Waals surface area contributed by atoms with Crippen LogP contribution in [0.5, 0.6) is 0 Å². The minimum Gasteiger partial charge on any atom is -0.368 e. The van der Waals surface area contributed by atoms with E-state index in [9.17, 15) is 4.79 Å². The van der Waals surface area contributed by atoms with Crippen molar-refractivity contribution in [1.29, 1.82) is 0 Å². The number of nitrogens with zero attached hydrogens (tertiary/aromatic N) is 3. The summed E-state index contributed by atoms with van der Waals surface area (Å²) in [6, 6.07) is 7.85. The SMILES string of the molecule is CN(C)CCN1CCN(c2ccccc2C=O)CC1. The van der Waals surface area contributed by atoms with Gasteiger partial charge in [-0.05, 0) is 26.2 Å². The number of anilines is 1. The zero-order valence-corrected chi connectivity index (χ0v) is 11.9. The first-order valence-corrected chi connectivity index (χ1v) is 6.87. The Kier molecular flexibility index (Phi) is 4.93. The lowest BCUT2D eigenvalue weighted by Crippen LogP contribution is -2.48. The van der Waals surface area contributed by atoms with E-state index < -0.39 is 0 Å². The van der Waals surface area contributed by atoms with Crippen LogP contribution in [0.1, 0.15) is 10.4 Å². The van der Waals surface area contributed by atoms with Crippen molar-refractivity contribution in [2.24, 2.45) is 0 Å². The van der Waals surface area contributed by atoms with Crippen LogP contribution in [0.3, 0.4) is 0 Å². The number of likely N-dealkylation sites (N-methyl/N-ethyl adjacent to an activating group) is 1. The molecule has 4 heteroatoms. The Bertz CT molecular complexity index is 412. The smallest absolute Gasteiger partial charge is 0.152 e. The fourth-order valence-electron chi connectivity index (χ4n) is 2.43. The van der Waals surface area contributed by atoms with Crippen molar-refractivity contribution in [2.75, 3.05) is 58.3 Å². The highest BCUT2D eigenvalue weighted by atomic mass is 16.1. The summed E-state index contributed by atoms with van der Waals surface area (Å²) in [5.41, 5.74) is 1.87. The molecule has 0 saturated carbocycles. The summed E-state index contributed by atoms with van der Waals surface area (Å²) in [5, 5.41) is 0. The Labute approximate surface area is 115 Å². The van der Waals surface area contributed by atoms with Crippen LogP contribution in [-0.4, -0.2) is 69.4 Å². The second-order valence-corrected chi connectivity index (χ2v) is 5.31. The van der Waals surface area contributed by atoms with Crippen molar-refractivity contribution in [1.82, 2.24) is 9.80 Å². The standard InChI is InChI=1S/C15H23N3O/c1-16(2)7-8-17-9-11-18(12-10-17)15-6-4-3-5-14(15)13-19/h3-6,13H,7-12H2,1-2H3. The maximum Gasteiger partial charge on any atom is 0.152 e. The Morgan fingerprint density at radius 2 is 1.84 bits per heavy atom. The lowest BCUT2D eigenvalue weighted by molar-refractivity contribution is 0.112. The van der Waals surface area contributed by atoms with E-state index in [1.807, 2.05) is 24.3 Å². The van der Waals surface area contributed by atoms with Crippen molar-refractivity contribution in [3.63, 3.8) is 0 Å². The molecule has 4 nitrogen and oxygen atoms in total. The number of hydrogen-bond donors (Lipinski definition) is 0. The number of piperazine rings is 1. The topological polar surface area (TPSA) is 26.8 Å². The molecule has 1 saturated heterocycles. The Morgan fingerprint density at radius 1 is 1.16 bits per heavy atom. The van der Waals surface area contributed by atoms with Crippen LogP contribution in [0, 0.1) is 0 Å². The zero-order valence-electron chi connectivity index (χ0n) is 11.9. The number of carbonyl (C=O) groups is 1. The summed E-state index contributed by atoms with van der Waals surface area (Å²) in [4.78, 5) is 18.1. The molecule has 0 radical (unpaired) electrons. The van der Waals surface area contributed by atoms with Gasteiger partial charge >= 0.3 is 0 Å². The predicted octanol–water partition coefficient (Wildman–Crippen LogP) is 1.18. The highest BCUT2D eigenvalue weighted by Crippen LogP contribution is 2.20. The highest BCUT2D eigenvalue weighted by molar-refractivity contribution is 5.84. The molecule has 0 atom stereocenters. The summed E-state index contributed by atoms with van der Waals surface area (Å²) < 4.78 is 0. The number of para-hydroxylation sites is 1. The van der Waals surface area contributed by atoms with Gasteiger partial charge in [0.15, 0.2) is 6.29 Å². The first-order chi connectivity index (χ1) is 9.20. The summed E-state index contributed by atoms with van der Waals surface area (Å²) in [6.45, 7) is 6.36. The largest absolute Gasteiger partial charge is 0.368 e. The van der Waals surface area contributed by atoms with Crippen LogP contribution in [0.2, 0.25) is 0 Å². The van der Waals surface area contributed by atoms with Crippen LogP contribution in [0.4, 0.5) is 5.69 Å². The van der Waals surface area contributed by atoms with E-state index in [4.69, 9.17) is 0 Å². The third-order valence-electron chi connectivity index (χ3n) is 3.64. The van der Waals surface area contributed by atoms with Crippen LogP contribution in [-0.2, 0) is 0 Å². The molecular formula is C15H23N3O. The van der Waals surface area contributed by atoms with Gasteiger partial charge in [0, 0.05) is 50.5 Å². The van der Waals surface area contributed by atoms with Crippen molar-refractivity contribution in [3.8, 4) is 0 Å². The molecule has 0 bridgehead atoms. The van der Waals surface area contributed by atoms with Gasteiger partial charge in [-0.3, -0.25) is 9.69 Å². The third-order valence-corrected chi connectivity index (χ3v) is 3.64. The molecule has 1 aliphatic heterocycles. The van der Waals surface area contributed by atoms with E-state index in [0.29, 0.717) is 0 Å². The van der Waals surface area contributed by atoms with Gasteiger partial charge in [-0.25, -0.2) is 0 Å². The first-order valence-electron chi connectivity index (χ1n) is 6.87. The van der Waals surface area contributed by atoms with Crippen LogP contribution >= 0.6 is 0 Å². The molecule has 0 aromatic heterocycles. The summed E-state index contributed by atoms with van der Waals surface area (Å²) in [7, 11) is 4.22. The van der Waals surface area contributed by atoms with Gasteiger partial charge in [0.2, 0.25) is 0 Å².